The van der Waals surface area contributed by atoms with Crippen LogP contribution in [0.1, 0.15) is 67.8 Å². The van der Waals surface area contributed by atoms with Crippen molar-refractivity contribution in [1.29, 1.82) is 0 Å². The smallest absolute Gasteiger partial charge is 0.234 e. The Morgan fingerprint density at radius 1 is 1.04 bits per heavy atom. The molecule has 2 aliphatic carbocycles. The highest BCUT2D eigenvalue weighted by Gasteiger charge is 2.33. The van der Waals surface area contributed by atoms with E-state index in [4.69, 9.17) is 0 Å². The predicted molar refractivity (Wildman–Crippen MR) is 90.3 cm³/mol. The third-order valence-corrected chi connectivity index (χ3v) is 5.21. The van der Waals surface area contributed by atoms with Crippen LogP contribution in [-0.2, 0) is 4.79 Å². The van der Waals surface area contributed by atoms with Gasteiger partial charge in [-0.1, -0.05) is 63.3 Å². The molecule has 0 amide bonds. The van der Waals surface area contributed by atoms with E-state index in [2.05, 4.69) is 6.92 Å². The average molecular weight is 312 g/mol. The van der Waals surface area contributed by atoms with Crippen molar-refractivity contribution in [3.05, 3.63) is 41.0 Å². The second kappa shape index (κ2) is 6.69. The highest BCUT2D eigenvalue weighted by atomic mass is 16.3. The Balaban J connectivity index is 1.78. The van der Waals surface area contributed by atoms with Crippen molar-refractivity contribution in [3.63, 3.8) is 0 Å². The molecule has 3 heteroatoms. The van der Waals surface area contributed by atoms with Gasteiger partial charge in [-0.2, -0.15) is 0 Å². The summed E-state index contributed by atoms with van der Waals surface area (Å²) in [4.78, 5) is 24.6. The minimum absolute atomic E-state index is 0.000643. The van der Waals surface area contributed by atoms with Gasteiger partial charge in [0.25, 0.3) is 0 Å². The molecule has 3 nitrogen and oxygen atoms in total. The highest BCUT2D eigenvalue weighted by molar-refractivity contribution is 6.52. The van der Waals surface area contributed by atoms with Gasteiger partial charge in [0, 0.05) is 16.7 Å². The van der Waals surface area contributed by atoms with Crippen LogP contribution in [0.4, 0.5) is 0 Å². The van der Waals surface area contributed by atoms with Crippen molar-refractivity contribution in [2.45, 2.75) is 51.9 Å². The fourth-order valence-electron chi connectivity index (χ4n) is 4.03. The number of hydrogen-bond donors (Lipinski definition) is 1. The van der Waals surface area contributed by atoms with Gasteiger partial charge in [0.15, 0.2) is 0 Å². The Morgan fingerprint density at radius 2 is 1.70 bits per heavy atom. The first-order valence-electron chi connectivity index (χ1n) is 8.68. The first-order chi connectivity index (χ1) is 11.1. The Hall–Kier alpha value is -1.90. The van der Waals surface area contributed by atoms with E-state index in [0.717, 1.165) is 12.3 Å². The molecular formula is C20H24O3. The summed E-state index contributed by atoms with van der Waals surface area (Å²) in [7, 11) is 0. The molecule has 0 spiro atoms. The lowest BCUT2D eigenvalue weighted by molar-refractivity contribution is -0.112. The van der Waals surface area contributed by atoms with E-state index < -0.39 is 11.6 Å². The van der Waals surface area contributed by atoms with Crippen molar-refractivity contribution >= 4 is 17.3 Å². The van der Waals surface area contributed by atoms with Crippen LogP contribution in [0.25, 0.3) is 5.76 Å². The second-order valence-electron chi connectivity index (χ2n) is 7.08. The zero-order chi connectivity index (χ0) is 16.4. The van der Waals surface area contributed by atoms with Gasteiger partial charge in [-0.3, -0.25) is 9.59 Å². The van der Waals surface area contributed by atoms with Crippen LogP contribution in [0.3, 0.4) is 0 Å². The van der Waals surface area contributed by atoms with E-state index in [9.17, 15) is 14.7 Å². The van der Waals surface area contributed by atoms with Crippen molar-refractivity contribution in [3.8, 4) is 0 Å². The van der Waals surface area contributed by atoms with Gasteiger partial charge in [-0.05, 0) is 24.7 Å². The van der Waals surface area contributed by atoms with Gasteiger partial charge in [0.05, 0.1) is 0 Å². The van der Waals surface area contributed by atoms with Gasteiger partial charge in [0.2, 0.25) is 11.6 Å². The third kappa shape index (κ3) is 3.24. The molecule has 1 saturated carbocycles. The zero-order valence-corrected chi connectivity index (χ0v) is 13.7. The molecule has 0 radical (unpaired) electrons. The molecule has 122 valence electrons. The molecule has 1 fully saturated rings. The molecule has 23 heavy (non-hydrogen) atoms. The number of carbonyl (C=O) groups is 2. The molecule has 1 aromatic carbocycles. The molecule has 3 rings (SSSR count). The van der Waals surface area contributed by atoms with E-state index >= 15 is 0 Å². The molecule has 1 N–H and O–H groups in total. The first kappa shape index (κ1) is 16.0. The van der Waals surface area contributed by atoms with Crippen LogP contribution >= 0.6 is 0 Å². The van der Waals surface area contributed by atoms with E-state index in [0.29, 0.717) is 29.0 Å². The van der Waals surface area contributed by atoms with Crippen LogP contribution < -0.4 is 0 Å². The molecule has 0 saturated heterocycles. The number of carbonyl (C=O) groups excluding carboxylic acids is 2. The summed E-state index contributed by atoms with van der Waals surface area (Å²) in [6.07, 6.45) is 8.03. The maximum atomic E-state index is 12.4. The van der Waals surface area contributed by atoms with Gasteiger partial charge < -0.3 is 5.11 Å². The summed E-state index contributed by atoms with van der Waals surface area (Å²) in [5.41, 5.74) is 1.12. The standard InChI is InChI=1S/C20H24O3/c1-13(11-14-7-3-2-4-8-14)12-17-18(21)15-9-5-6-10-16(15)19(22)20(17)23/h5-6,9-10,13-14,21H,2-4,7-8,11-12H2,1H3. The number of aliphatic hydroxyl groups is 1. The molecule has 1 aromatic rings. The number of ketones is 2. The number of aliphatic hydroxyl groups excluding tert-OH is 1. The van der Waals surface area contributed by atoms with E-state index in [1.807, 2.05) is 0 Å². The zero-order valence-electron chi connectivity index (χ0n) is 13.7. The van der Waals surface area contributed by atoms with Gasteiger partial charge in [-0.25, -0.2) is 0 Å². The van der Waals surface area contributed by atoms with Crippen LogP contribution in [0, 0.1) is 11.8 Å². The molecule has 1 unspecified atom stereocenters. The van der Waals surface area contributed by atoms with Crippen molar-refractivity contribution < 1.29 is 14.7 Å². The lowest BCUT2D eigenvalue weighted by atomic mass is 9.79. The van der Waals surface area contributed by atoms with Gasteiger partial charge in [0.1, 0.15) is 5.76 Å². The molecule has 2 aliphatic rings. The quantitative estimate of drug-likeness (QED) is 0.819. The van der Waals surface area contributed by atoms with E-state index in [1.165, 1.54) is 32.1 Å². The minimum Gasteiger partial charge on any atom is -0.507 e. The normalized spacial score (nSPS) is 20.6. The third-order valence-electron chi connectivity index (χ3n) is 5.21. The van der Waals surface area contributed by atoms with Crippen LogP contribution in [-0.4, -0.2) is 16.7 Å². The Morgan fingerprint density at radius 3 is 2.39 bits per heavy atom. The molecule has 0 heterocycles. The van der Waals surface area contributed by atoms with Crippen LogP contribution in [0.15, 0.2) is 29.8 Å². The van der Waals surface area contributed by atoms with Crippen LogP contribution in [0.5, 0.6) is 0 Å². The summed E-state index contributed by atoms with van der Waals surface area (Å²) < 4.78 is 0. The highest BCUT2D eigenvalue weighted by Crippen LogP contribution is 2.35. The number of rotatable bonds is 4. The summed E-state index contributed by atoms with van der Waals surface area (Å²) >= 11 is 0. The minimum atomic E-state index is -0.531. The Labute approximate surface area is 137 Å². The maximum Gasteiger partial charge on any atom is 0.234 e. The van der Waals surface area contributed by atoms with Crippen molar-refractivity contribution in [2.24, 2.45) is 11.8 Å². The SMILES string of the molecule is CC(CC1=C(O)c2ccccc2C(=O)C1=O)CC1CCCCC1. The van der Waals surface area contributed by atoms with E-state index in [-0.39, 0.29) is 5.76 Å². The van der Waals surface area contributed by atoms with Crippen LogP contribution in [0.2, 0.25) is 0 Å². The molecule has 0 aromatic heterocycles. The summed E-state index contributed by atoms with van der Waals surface area (Å²) in [6, 6.07) is 6.81. The van der Waals surface area contributed by atoms with Gasteiger partial charge >= 0.3 is 0 Å². The first-order valence-corrected chi connectivity index (χ1v) is 8.68. The van der Waals surface area contributed by atoms with E-state index in [1.54, 1.807) is 24.3 Å². The Bertz CT molecular complexity index is 651. The molecular weight excluding hydrogens is 288 g/mol. The van der Waals surface area contributed by atoms with Gasteiger partial charge in [-0.15, -0.1) is 0 Å². The summed E-state index contributed by atoms with van der Waals surface area (Å²) in [5.74, 6) is 0.0103. The number of hydrogen-bond acceptors (Lipinski definition) is 3. The lowest BCUT2D eigenvalue weighted by Gasteiger charge is -2.26. The largest absolute Gasteiger partial charge is 0.507 e. The Kier molecular flexibility index (Phi) is 4.65. The number of Topliss-reactive ketones (excluding diaryl/α,β-unsaturated/α-hetero) is 2. The number of benzene rings is 1. The average Bonchev–Trinajstić information content (AvgIpc) is 2.57. The second-order valence-corrected chi connectivity index (χ2v) is 7.08. The van der Waals surface area contributed by atoms with Crippen molar-refractivity contribution in [1.82, 2.24) is 0 Å². The summed E-state index contributed by atoms with van der Waals surface area (Å²) in [6.45, 7) is 2.12. The monoisotopic (exact) mass is 312 g/mol. The molecule has 0 bridgehead atoms. The topological polar surface area (TPSA) is 54.4 Å². The lowest BCUT2D eigenvalue weighted by Crippen LogP contribution is -2.25. The molecule has 0 aliphatic heterocycles. The fourth-order valence-corrected chi connectivity index (χ4v) is 4.03. The van der Waals surface area contributed by atoms with Crippen molar-refractivity contribution in [2.75, 3.05) is 0 Å². The number of allylic oxidation sites excluding steroid dienone is 1. The fraction of sp³-hybridized carbons (Fsp3) is 0.500. The maximum absolute atomic E-state index is 12.4. The summed E-state index contributed by atoms with van der Waals surface area (Å²) in [5, 5.41) is 10.5. The number of fused-ring (bicyclic) bond motifs is 1. The predicted octanol–water partition coefficient (Wildman–Crippen LogP) is 4.72. The molecule has 1 atom stereocenters.